The number of hydrogen-bond acceptors (Lipinski definition) is 4. The van der Waals surface area contributed by atoms with Crippen LogP contribution in [-0.2, 0) is 6.61 Å². The van der Waals surface area contributed by atoms with Crippen molar-refractivity contribution in [3.05, 3.63) is 41.5 Å². The molecule has 7 heteroatoms. The van der Waals surface area contributed by atoms with E-state index >= 15 is 0 Å². The van der Waals surface area contributed by atoms with Crippen molar-refractivity contribution in [3.63, 3.8) is 0 Å². The number of rotatable bonds is 2. The lowest BCUT2D eigenvalue weighted by Gasteiger charge is -2.21. The Labute approximate surface area is 106 Å². The zero-order chi connectivity index (χ0) is 13.6. The maximum atomic E-state index is 11.1. The first-order valence-corrected chi connectivity index (χ1v) is 5.38. The van der Waals surface area contributed by atoms with Crippen LogP contribution >= 0.6 is 0 Å². The monoisotopic (exact) mass is 260 g/mol. The lowest BCUT2D eigenvalue weighted by atomic mass is 10.1. The first kappa shape index (κ1) is 11.3. The maximum Gasteiger partial charge on any atom is 0.356 e. The highest BCUT2D eigenvalue weighted by molar-refractivity contribution is 5.93. The van der Waals surface area contributed by atoms with E-state index in [9.17, 15) is 9.59 Å². The van der Waals surface area contributed by atoms with Gasteiger partial charge in [0.15, 0.2) is 11.4 Å². The highest BCUT2D eigenvalue weighted by Crippen LogP contribution is 2.33. The van der Waals surface area contributed by atoms with Gasteiger partial charge in [0.2, 0.25) is 0 Å². The number of para-hydroxylation sites is 1. The van der Waals surface area contributed by atoms with Crippen molar-refractivity contribution in [3.8, 4) is 11.4 Å². The summed E-state index contributed by atoms with van der Waals surface area (Å²) in [7, 11) is 0. The number of hydrogen-bond donors (Lipinski definition) is 2. The molecule has 19 heavy (non-hydrogen) atoms. The standard InChI is InChI=1S/C12H8N2O5/c15-11(16)6-2-1-3-7-10(6)19-4-8-9(12(17)18)13-5-14(7)8/h1-3,5H,4H2,(H,15,16)(H,17,18). The Morgan fingerprint density at radius 3 is 2.74 bits per heavy atom. The molecule has 2 heterocycles. The molecule has 0 saturated carbocycles. The molecule has 0 amide bonds. The SMILES string of the molecule is O=C(O)c1cccc2c1OCc1c(C(=O)O)ncn1-2. The Morgan fingerprint density at radius 2 is 2.05 bits per heavy atom. The molecule has 0 atom stereocenters. The van der Waals surface area contributed by atoms with E-state index in [-0.39, 0.29) is 23.6 Å². The largest absolute Gasteiger partial charge is 0.484 e. The minimum atomic E-state index is -1.14. The molecule has 0 fully saturated rings. The fourth-order valence-electron chi connectivity index (χ4n) is 2.07. The van der Waals surface area contributed by atoms with Gasteiger partial charge in [-0.2, -0.15) is 0 Å². The van der Waals surface area contributed by atoms with Gasteiger partial charge in [-0.1, -0.05) is 6.07 Å². The third-order valence-electron chi connectivity index (χ3n) is 2.91. The van der Waals surface area contributed by atoms with E-state index in [4.69, 9.17) is 14.9 Å². The zero-order valence-electron chi connectivity index (χ0n) is 9.53. The summed E-state index contributed by atoms with van der Waals surface area (Å²) >= 11 is 0. The lowest BCUT2D eigenvalue weighted by Crippen LogP contribution is -2.17. The van der Waals surface area contributed by atoms with Gasteiger partial charge < -0.3 is 14.9 Å². The molecule has 0 radical (unpaired) electrons. The normalized spacial score (nSPS) is 12.2. The van der Waals surface area contributed by atoms with Gasteiger partial charge in [-0.05, 0) is 12.1 Å². The molecule has 1 aromatic carbocycles. The molecule has 3 rings (SSSR count). The van der Waals surface area contributed by atoms with Gasteiger partial charge in [0.05, 0.1) is 11.4 Å². The predicted molar refractivity (Wildman–Crippen MR) is 61.8 cm³/mol. The van der Waals surface area contributed by atoms with Crippen LogP contribution in [0.15, 0.2) is 24.5 Å². The summed E-state index contributed by atoms with van der Waals surface area (Å²) in [6.45, 7) is -0.0288. The van der Waals surface area contributed by atoms with Gasteiger partial charge in [0.1, 0.15) is 18.5 Å². The number of nitrogens with zero attached hydrogens (tertiary/aromatic N) is 2. The fourth-order valence-corrected chi connectivity index (χ4v) is 2.07. The molecule has 1 aliphatic rings. The summed E-state index contributed by atoms with van der Waals surface area (Å²) in [6, 6.07) is 4.65. The van der Waals surface area contributed by atoms with Crippen molar-refractivity contribution in [2.45, 2.75) is 6.61 Å². The molecule has 0 aliphatic carbocycles. The van der Waals surface area contributed by atoms with Crippen LogP contribution in [0.5, 0.6) is 5.75 Å². The molecule has 7 nitrogen and oxygen atoms in total. The van der Waals surface area contributed by atoms with Gasteiger partial charge in [-0.25, -0.2) is 14.6 Å². The van der Waals surface area contributed by atoms with Gasteiger partial charge in [0, 0.05) is 0 Å². The number of carbonyl (C=O) groups is 2. The number of fused-ring (bicyclic) bond motifs is 3. The number of benzene rings is 1. The summed E-state index contributed by atoms with van der Waals surface area (Å²) < 4.78 is 6.92. The molecule has 0 unspecified atom stereocenters. The van der Waals surface area contributed by atoms with Gasteiger partial charge in [-0.3, -0.25) is 4.57 Å². The smallest absolute Gasteiger partial charge is 0.356 e. The first-order chi connectivity index (χ1) is 9.09. The zero-order valence-corrected chi connectivity index (χ0v) is 9.53. The molecule has 1 aliphatic heterocycles. The maximum absolute atomic E-state index is 11.1. The number of ether oxygens (including phenoxy) is 1. The Kier molecular flexibility index (Phi) is 2.28. The first-order valence-electron chi connectivity index (χ1n) is 5.38. The van der Waals surface area contributed by atoms with Gasteiger partial charge >= 0.3 is 11.9 Å². The quantitative estimate of drug-likeness (QED) is 0.840. The second-order valence-electron chi connectivity index (χ2n) is 3.96. The Morgan fingerprint density at radius 1 is 1.26 bits per heavy atom. The Hall–Kier alpha value is -2.83. The van der Waals surface area contributed by atoms with Crippen molar-refractivity contribution < 1.29 is 24.5 Å². The summed E-state index contributed by atoms with van der Waals surface area (Å²) in [5.74, 6) is -2.02. The van der Waals surface area contributed by atoms with Crippen molar-refractivity contribution in [2.24, 2.45) is 0 Å². The van der Waals surface area contributed by atoms with Crippen molar-refractivity contribution in [1.29, 1.82) is 0 Å². The van der Waals surface area contributed by atoms with Crippen molar-refractivity contribution in [1.82, 2.24) is 9.55 Å². The van der Waals surface area contributed by atoms with Crippen molar-refractivity contribution >= 4 is 11.9 Å². The van der Waals surface area contributed by atoms with Crippen LogP contribution in [0.25, 0.3) is 5.69 Å². The number of carboxylic acid groups (broad SMARTS) is 2. The summed E-state index contributed by atoms with van der Waals surface area (Å²) in [5.41, 5.74) is 0.809. The average molecular weight is 260 g/mol. The second-order valence-corrected chi connectivity index (χ2v) is 3.96. The van der Waals surface area contributed by atoms with Gasteiger partial charge in [-0.15, -0.1) is 0 Å². The van der Waals surface area contributed by atoms with Crippen LogP contribution in [0.2, 0.25) is 0 Å². The number of imidazole rings is 1. The highest BCUT2D eigenvalue weighted by Gasteiger charge is 2.27. The Balaban J connectivity index is 2.23. The molecule has 0 spiro atoms. The molecule has 0 saturated heterocycles. The average Bonchev–Trinajstić information content (AvgIpc) is 2.81. The van der Waals surface area contributed by atoms with E-state index in [0.29, 0.717) is 11.4 Å². The topological polar surface area (TPSA) is 102 Å². The third-order valence-corrected chi connectivity index (χ3v) is 2.91. The summed E-state index contributed by atoms with van der Waals surface area (Å²) in [6.07, 6.45) is 1.35. The van der Waals surface area contributed by atoms with Crippen molar-refractivity contribution in [2.75, 3.05) is 0 Å². The van der Waals surface area contributed by atoms with Crippen LogP contribution in [0, 0.1) is 0 Å². The third kappa shape index (κ3) is 1.55. The lowest BCUT2D eigenvalue weighted by molar-refractivity contribution is 0.0673. The van der Waals surface area contributed by atoms with Crippen LogP contribution in [0.1, 0.15) is 26.5 Å². The van der Waals surface area contributed by atoms with Crippen LogP contribution in [0.4, 0.5) is 0 Å². The van der Waals surface area contributed by atoms with E-state index in [0.717, 1.165) is 0 Å². The minimum Gasteiger partial charge on any atom is -0.484 e. The number of aromatic carboxylic acids is 2. The molecule has 0 bridgehead atoms. The van der Waals surface area contributed by atoms with E-state index < -0.39 is 11.9 Å². The highest BCUT2D eigenvalue weighted by atomic mass is 16.5. The molecule has 96 valence electrons. The van der Waals surface area contributed by atoms with E-state index in [2.05, 4.69) is 4.98 Å². The fraction of sp³-hybridized carbons (Fsp3) is 0.0833. The number of carboxylic acids is 2. The minimum absolute atomic E-state index is 0.0288. The molecular weight excluding hydrogens is 252 g/mol. The molecule has 2 aromatic rings. The molecule has 1 aromatic heterocycles. The van der Waals surface area contributed by atoms with Crippen LogP contribution in [-0.4, -0.2) is 31.7 Å². The molecule has 2 N–H and O–H groups in total. The predicted octanol–water partition coefficient (Wildman–Crippen LogP) is 1.16. The molecular formula is C12H8N2O5. The number of aromatic nitrogens is 2. The summed E-state index contributed by atoms with van der Waals surface area (Å²) in [5, 5.41) is 18.1. The van der Waals surface area contributed by atoms with E-state index in [1.165, 1.54) is 17.0 Å². The van der Waals surface area contributed by atoms with E-state index in [1.807, 2.05) is 0 Å². The van der Waals surface area contributed by atoms with Gasteiger partial charge in [0.25, 0.3) is 0 Å². The summed E-state index contributed by atoms with van der Waals surface area (Å²) in [4.78, 5) is 25.9. The van der Waals surface area contributed by atoms with Crippen LogP contribution in [0.3, 0.4) is 0 Å². The Bertz CT molecular complexity index is 704. The second kappa shape index (κ2) is 3.84. The van der Waals surface area contributed by atoms with E-state index in [1.54, 1.807) is 12.1 Å². The van der Waals surface area contributed by atoms with Crippen LogP contribution < -0.4 is 4.74 Å².